The van der Waals surface area contributed by atoms with Gasteiger partial charge in [-0.3, -0.25) is 9.48 Å². The van der Waals surface area contributed by atoms with Crippen LogP contribution in [0.3, 0.4) is 0 Å². The van der Waals surface area contributed by atoms with Crippen molar-refractivity contribution in [1.82, 2.24) is 15.1 Å². The Morgan fingerprint density at radius 1 is 1.33 bits per heavy atom. The monoisotopic (exact) mass is 339 g/mol. The molecule has 21 heavy (non-hydrogen) atoms. The smallest absolute Gasteiger partial charge is 0.262 e. The van der Waals surface area contributed by atoms with Crippen molar-refractivity contribution in [1.29, 1.82) is 0 Å². The summed E-state index contributed by atoms with van der Waals surface area (Å²) < 4.78 is 2.68. The molecule has 0 saturated heterocycles. The molecular formula is C14H11Cl2N3OS. The van der Waals surface area contributed by atoms with E-state index in [1.165, 1.54) is 11.3 Å². The lowest BCUT2D eigenvalue weighted by molar-refractivity contribution is 0.0956. The van der Waals surface area contributed by atoms with Gasteiger partial charge in [0.05, 0.1) is 22.8 Å². The second-order valence-electron chi connectivity index (χ2n) is 4.42. The number of carbonyl (C=O) groups excluding carboxylic acids is 1. The molecule has 0 aliphatic rings. The molecule has 1 N–H and O–H groups in total. The van der Waals surface area contributed by atoms with E-state index >= 15 is 0 Å². The maximum absolute atomic E-state index is 12.2. The van der Waals surface area contributed by atoms with E-state index in [0.717, 1.165) is 10.1 Å². The fourth-order valence-electron chi connectivity index (χ4n) is 1.98. The number of rotatable bonds is 4. The first kappa shape index (κ1) is 14.4. The van der Waals surface area contributed by atoms with Gasteiger partial charge < -0.3 is 5.32 Å². The largest absolute Gasteiger partial charge is 0.349 e. The van der Waals surface area contributed by atoms with Crippen LogP contribution in [0.5, 0.6) is 0 Å². The average molecular weight is 340 g/mol. The second-order valence-corrected chi connectivity index (χ2v) is 6.29. The highest BCUT2D eigenvalue weighted by Gasteiger charge is 2.16. The molecule has 0 atom stereocenters. The van der Waals surface area contributed by atoms with E-state index in [0.29, 0.717) is 28.0 Å². The Kier molecular flexibility index (Phi) is 4.14. The molecule has 3 aromatic rings. The molecule has 7 heteroatoms. The Labute approximate surface area is 135 Å². The number of nitrogens with one attached hydrogen (secondary N) is 1. The minimum Gasteiger partial charge on any atom is -0.349 e. The number of fused-ring (bicyclic) bond motifs is 1. The highest BCUT2D eigenvalue weighted by atomic mass is 35.5. The summed E-state index contributed by atoms with van der Waals surface area (Å²) in [5.41, 5.74) is 0. The third-order valence-electron chi connectivity index (χ3n) is 2.97. The Morgan fingerprint density at radius 2 is 2.14 bits per heavy atom. The fraction of sp³-hybridized carbons (Fsp3) is 0.143. The molecule has 108 valence electrons. The van der Waals surface area contributed by atoms with E-state index in [1.807, 2.05) is 24.3 Å². The summed E-state index contributed by atoms with van der Waals surface area (Å²) >= 11 is 13.4. The number of hydrogen-bond donors (Lipinski definition) is 1. The first-order chi connectivity index (χ1) is 10.1. The van der Waals surface area contributed by atoms with Gasteiger partial charge in [0.2, 0.25) is 0 Å². The first-order valence-corrected chi connectivity index (χ1v) is 7.85. The topological polar surface area (TPSA) is 46.9 Å². The van der Waals surface area contributed by atoms with E-state index in [4.69, 9.17) is 23.2 Å². The maximum atomic E-state index is 12.2. The van der Waals surface area contributed by atoms with Gasteiger partial charge in [-0.05, 0) is 6.07 Å². The SMILES string of the molecule is O=C(NCCn1cc(Cl)cn1)c1sc2ccccc2c1Cl. The molecule has 1 amide bonds. The lowest BCUT2D eigenvalue weighted by atomic mass is 10.2. The molecule has 0 aliphatic heterocycles. The van der Waals surface area contributed by atoms with Crippen molar-refractivity contribution in [2.75, 3.05) is 6.54 Å². The van der Waals surface area contributed by atoms with E-state index in [2.05, 4.69) is 10.4 Å². The number of carbonyl (C=O) groups is 1. The number of aromatic nitrogens is 2. The molecule has 0 radical (unpaired) electrons. The summed E-state index contributed by atoms with van der Waals surface area (Å²) in [5, 5.41) is 8.89. The molecule has 4 nitrogen and oxygen atoms in total. The Bertz CT molecular complexity index is 796. The first-order valence-electron chi connectivity index (χ1n) is 6.28. The van der Waals surface area contributed by atoms with Crippen LogP contribution in [0.2, 0.25) is 10.0 Å². The molecule has 0 unspecified atom stereocenters. The molecule has 2 heterocycles. The van der Waals surface area contributed by atoms with Crippen LogP contribution in [-0.2, 0) is 6.54 Å². The minimum atomic E-state index is -0.167. The molecule has 0 saturated carbocycles. The van der Waals surface area contributed by atoms with Crippen molar-refractivity contribution in [2.45, 2.75) is 6.54 Å². The van der Waals surface area contributed by atoms with Crippen LogP contribution in [0.15, 0.2) is 36.7 Å². The molecule has 2 aromatic heterocycles. The van der Waals surface area contributed by atoms with Crippen LogP contribution >= 0.6 is 34.5 Å². The van der Waals surface area contributed by atoms with Gasteiger partial charge in [0, 0.05) is 22.8 Å². The van der Waals surface area contributed by atoms with Crippen molar-refractivity contribution in [2.24, 2.45) is 0 Å². The van der Waals surface area contributed by atoms with E-state index < -0.39 is 0 Å². The van der Waals surface area contributed by atoms with Crippen molar-refractivity contribution < 1.29 is 4.79 Å². The zero-order valence-electron chi connectivity index (χ0n) is 10.8. The van der Waals surface area contributed by atoms with Crippen LogP contribution in [0.25, 0.3) is 10.1 Å². The molecule has 0 aliphatic carbocycles. The van der Waals surface area contributed by atoms with Crippen molar-refractivity contribution in [3.8, 4) is 0 Å². The Balaban J connectivity index is 1.68. The van der Waals surface area contributed by atoms with Crippen molar-refractivity contribution in [3.05, 3.63) is 51.6 Å². The minimum absolute atomic E-state index is 0.167. The van der Waals surface area contributed by atoms with Gasteiger partial charge in [0.15, 0.2) is 0 Å². The number of nitrogens with zero attached hydrogens (tertiary/aromatic N) is 2. The highest BCUT2D eigenvalue weighted by molar-refractivity contribution is 7.21. The number of thiophene rings is 1. The van der Waals surface area contributed by atoms with Gasteiger partial charge in [0.25, 0.3) is 5.91 Å². The summed E-state index contributed by atoms with van der Waals surface area (Å²) in [6, 6.07) is 7.70. The normalized spacial score (nSPS) is 11.0. The van der Waals surface area contributed by atoms with Gasteiger partial charge in [-0.15, -0.1) is 11.3 Å². The molecule has 1 aromatic carbocycles. The van der Waals surface area contributed by atoms with Crippen LogP contribution in [-0.4, -0.2) is 22.2 Å². The third kappa shape index (κ3) is 3.05. The Morgan fingerprint density at radius 3 is 2.86 bits per heavy atom. The maximum Gasteiger partial charge on any atom is 0.262 e. The van der Waals surface area contributed by atoms with Gasteiger partial charge in [-0.2, -0.15) is 5.10 Å². The average Bonchev–Trinajstić information content (AvgIpc) is 3.03. The van der Waals surface area contributed by atoms with Crippen molar-refractivity contribution in [3.63, 3.8) is 0 Å². The molecular weight excluding hydrogens is 329 g/mol. The zero-order chi connectivity index (χ0) is 14.8. The predicted octanol–water partition coefficient (Wildman–Crippen LogP) is 3.83. The lowest BCUT2D eigenvalue weighted by Gasteiger charge is -2.04. The molecule has 3 rings (SSSR count). The fourth-order valence-corrected chi connectivity index (χ4v) is 3.57. The molecule has 0 fully saturated rings. The zero-order valence-corrected chi connectivity index (χ0v) is 13.2. The van der Waals surface area contributed by atoms with Gasteiger partial charge in [-0.25, -0.2) is 0 Å². The van der Waals surface area contributed by atoms with E-state index in [1.54, 1.807) is 17.1 Å². The summed E-state index contributed by atoms with van der Waals surface area (Å²) in [6.07, 6.45) is 3.27. The Hall–Kier alpha value is -1.56. The van der Waals surface area contributed by atoms with Crippen molar-refractivity contribution >= 4 is 50.5 Å². The highest BCUT2D eigenvalue weighted by Crippen LogP contribution is 2.34. The standard InChI is InChI=1S/C14H11Cl2N3OS/c15-9-7-18-19(8-9)6-5-17-14(20)13-12(16)10-3-1-2-4-11(10)21-13/h1-4,7-8H,5-6H2,(H,17,20). The van der Waals surface area contributed by atoms with Crippen LogP contribution in [0, 0.1) is 0 Å². The number of amides is 1. The number of halogens is 2. The lowest BCUT2D eigenvalue weighted by Crippen LogP contribution is -2.26. The second kappa shape index (κ2) is 6.05. The summed E-state index contributed by atoms with van der Waals surface area (Å²) in [6.45, 7) is 1.02. The van der Waals surface area contributed by atoms with Crippen LogP contribution < -0.4 is 5.32 Å². The third-order valence-corrected chi connectivity index (χ3v) is 4.84. The summed E-state index contributed by atoms with van der Waals surface area (Å²) in [5.74, 6) is -0.167. The summed E-state index contributed by atoms with van der Waals surface area (Å²) in [7, 11) is 0. The van der Waals surface area contributed by atoms with E-state index in [9.17, 15) is 4.79 Å². The predicted molar refractivity (Wildman–Crippen MR) is 86.4 cm³/mol. The number of benzene rings is 1. The van der Waals surface area contributed by atoms with Gasteiger partial charge >= 0.3 is 0 Å². The van der Waals surface area contributed by atoms with Crippen LogP contribution in [0.4, 0.5) is 0 Å². The van der Waals surface area contributed by atoms with Gasteiger partial charge in [0.1, 0.15) is 4.88 Å². The molecule has 0 bridgehead atoms. The molecule has 0 spiro atoms. The van der Waals surface area contributed by atoms with Gasteiger partial charge in [-0.1, -0.05) is 41.4 Å². The number of hydrogen-bond acceptors (Lipinski definition) is 3. The summed E-state index contributed by atoms with van der Waals surface area (Å²) in [4.78, 5) is 12.7. The van der Waals surface area contributed by atoms with Crippen LogP contribution in [0.1, 0.15) is 9.67 Å². The quantitative estimate of drug-likeness (QED) is 0.785. The van der Waals surface area contributed by atoms with E-state index in [-0.39, 0.29) is 5.91 Å².